The van der Waals surface area contributed by atoms with Crippen LogP contribution in [0.1, 0.15) is 101 Å². The smallest absolute Gasteiger partial charge is 0.0600 e. The molecular weight excluding hydrogens is 363 g/mol. The number of aliphatic hydroxyl groups is 2. The Balaban J connectivity index is 4.24. The van der Waals surface area contributed by atoms with Gasteiger partial charge in [0, 0.05) is 0 Å². The van der Waals surface area contributed by atoms with Gasteiger partial charge in [-0.15, -0.1) is 7.92 Å². The SMILES string of the molecule is C/C(=C\CC/C=C/CCP(C)C(C)(C)CC(C)(C)O)CC(C)(C)CC(C)(C)O. The quantitative estimate of drug-likeness (QED) is 0.189. The van der Waals surface area contributed by atoms with Gasteiger partial charge in [-0.05, 0) is 96.5 Å². The first-order valence-corrected chi connectivity index (χ1v) is 12.9. The number of unbranched alkanes of at least 4 members (excludes halogenated alkanes) is 1. The van der Waals surface area contributed by atoms with Crippen LogP contribution in [0, 0.1) is 5.41 Å². The number of rotatable bonds is 13. The van der Waals surface area contributed by atoms with Crippen LogP contribution in [0.2, 0.25) is 0 Å². The van der Waals surface area contributed by atoms with E-state index < -0.39 is 11.2 Å². The molecule has 0 saturated heterocycles. The molecule has 0 aromatic rings. The molecule has 0 fully saturated rings. The van der Waals surface area contributed by atoms with Crippen LogP contribution in [-0.2, 0) is 0 Å². The van der Waals surface area contributed by atoms with Crippen molar-refractivity contribution in [3.8, 4) is 0 Å². The van der Waals surface area contributed by atoms with Gasteiger partial charge in [0.1, 0.15) is 0 Å². The van der Waals surface area contributed by atoms with Crippen LogP contribution in [0.25, 0.3) is 0 Å². The Labute approximate surface area is 177 Å². The molecule has 0 heterocycles. The first-order valence-electron chi connectivity index (χ1n) is 10.9. The second-order valence-corrected chi connectivity index (χ2v) is 14.5. The average molecular weight is 413 g/mol. The maximum absolute atomic E-state index is 10.1. The zero-order valence-electron chi connectivity index (χ0n) is 20.5. The van der Waals surface area contributed by atoms with Crippen molar-refractivity contribution in [2.24, 2.45) is 5.41 Å². The highest BCUT2D eigenvalue weighted by Gasteiger charge is 2.31. The molecule has 2 nitrogen and oxygen atoms in total. The van der Waals surface area contributed by atoms with Crippen molar-refractivity contribution >= 4 is 7.92 Å². The van der Waals surface area contributed by atoms with Crippen LogP contribution >= 0.6 is 7.92 Å². The van der Waals surface area contributed by atoms with Gasteiger partial charge in [0.05, 0.1) is 11.2 Å². The Kier molecular flexibility index (Phi) is 11.2. The molecule has 2 N–H and O–H groups in total. The summed E-state index contributed by atoms with van der Waals surface area (Å²) in [5.74, 6) is 0. The van der Waals surface area contributed by atoms with Crippen molar-refractivity contribution in [2.75, 3.05) is 12.8 Å². The normalized spacial score (nSPS) is 16.1. The van der Waals surface area contributed by atoms with Crippen molar-refractivity contribution in [3.05, 3.63) is 23.8 Å². The molecule has 0 aliphatic carbocycles. The minimum Gasteiger partial charge on any atom is -0.390 e. The lowest BCUT2D eigenvalue weighted by atomic mass is 9.77. The summed E-state index contributed by atoms with van der Waals surface area (Å²) in [7, 11) is -0.0940. The van der Waals surface area contributed by atoms with Crippen molar-refractivity contribution in [1.29, 1.82) is 0 Å². The summed E-state index contributed by atoms with van der Waals surface area (Å²) in [5.41, 5.74) is 0.366. The number of hydrogen-bond acceptors (Lipinski definition) is 2. The summed E-state index contributed by atoms with van der Waals surface area (Å²) in [5, 5.41) is 20.4. The molecule has 0 aromatic carbocycles. The zero-order valence-corrected chi connectivity index (χ0v) is 21.4. The van der Waals surface area contributed by atoms with Crippen LogP contribution in [0.15, 0.2) is 23.8 Å². The van der Waals surface area contributed by atoms with Gasteiger partial charge in [-0.1, -0.05) is 51.5 Å². The maximum Gasteiger partial charge on any atom is 0.0600 e. The van der Waals surface area contributed by atoms with E-state index >= 15 is 0 Å². The molecule has 0 amide bonds. The Bertz CT molecular complexity index is 502. The molecule has 1 unspecified atom stereocenters. The topological polar surface area (TPSA) is 40.5 Å². The van der Waals surface area contributed by atoms with Gasteiger partial charge in [0.15, 0.2) is 0 Å². The van der Waals surface area contributed by atoms with Gasteiger partial charge in [-0.3, -0.25) is 0 Å². The van der Waals surface area contributed by atoms with E-state index in [-0.39, 0.29) is 18.5 Å². The highest BCUT2D eigenvalue weighted by molar-refractivity contribution is 7.58. The van der Waals surface area contributed by atoms with Crippen LogP contribution in [0.5, 0.6) is 0 Å². The molecule has 0 aliphatic heterocycles. The van der Waals surface area contributed by atoms with Crippen molar-refractivity contribution in [2.45, 2.75) is 117 Å². The monoisotopic (exact) mass is 412 g/mol. The third-order valence-corrected chi connectivity index (χ3v) is 8.34. The highest BCUT2D eigenvalue weighted by Crippen LogP contribution is 2.50. The van der Waals surface area contributed by atoms with E-state index in [0.29, 0.717) is 0 Å². The van der Waals surface area contributed by atoms with Gasteiger partial charge in [0.2, 0.25) is 0 Å². The fourth-order valence-electron chi connectivity index (χ4n) is 4.49. The molecular formula is C25H49O2P. The first-order chi connectivity index (χ1) is 12.4. The van der Waals surface area contributed by atoms with E-state index in [4.69, 9.17) is 0 Å². The average Bonchev–Trinajstić information content (AvgIpc) is 2.39. The second kappa shape index (κ2) is 11.3. The summed E-state index contributed by atoms with van der Waals surface area (Å²) in [6, 6.07) is 0. The summed E-state index contributed by atoms with van der Waals surface area (Å²) in [4.78, 5) is 0. The van der Waals surface area contributed by atoms with E-state index in [0.717, 1.165) is 38.5 Å². The van der Waals surface area contributed by atoms with E-state index in [1.54, 1.807) is 0 Å². The molecule has 166 valence electrons. The summed E-state index contributed by atoms with van der Waals surface area (Å²) >= 11 is 0. The Morgan fingerprint density at radius 1 is 0.786 bits per heavy atom. The van der Waals surface area contributed by atoms with Crippen molar-refractivity contribution < 1.29 is 10.2 Å². The van der Waals surface area contributed by atoms with Crippen LogP contribution in [0.4, 0.5) is 0 Å². The van der Waals surface area contributed by atoms with Crippen molar-refractivity contribution in [3.63, 3.8) is 0 Å². The predicted octanol–water partition coefficient (Wildman–Crippen LogP) is 7.29. The predicted molar refractivity (Wildman–Crippen MR) is 129 cm³/mol. The Morgan fingerprint density at radius 3 is 1.79 bits per heavy atom. The molecule has 0 saturated carbocycles. The standard InChI is InChI=1S/C25H49O2P/c1-21(18-22(2,3)19-23(4,5)26)16-14-12-11-13-15-17-28(10)25(8,9)20-24(6,7)27/h11,13,16,26-27H,12,14-15,17-20H2,1-10H3/b13-11+,21-16+. The lowest BCUT2D eigenvalue weighted by Crippen LogP contribution is -2.32. The largest absolute Gasteiger partial charge is 0.390 e. The van der Waals surface area contributed by atoms with Gasteiger partial charge >= 0.3 is 0 Å². The molecule has 3 heteroatoms. The lowest BCUT2D eigenvalue weighted by Gasteiger charge is -2.37. The number of hydrogen-bond donors (Lipinski definition) is 2. The highest BCUT2D eigenvalue weighted by atomic mass is 31.1. The fraction of sp³-hybridized carbons (Fsp3) is 0.840. The van der Waals surface area contributed by atoms with Gasteiger partial charge < -0.3 is 10.2 Å². The van der Waals surface area contributed by atoms with E-state index in [2.05, 4.69) is 59.5 Å². The molecule has 0 bridgehead atoms. The fourth-order valence-corrected chi connectivity index (χ4v) is 6.29. The van der Waals surface area contributed by atoms with E-state index in [1.165, 1.54) is 11.7 Å². The third-order valence-electron chi connectivity index (χ3n) is 5.19. The third kappa shape index (κ3) is 14.8. The van der Waals surface area contributed by atoms with Gasteiger partial charge in [-0.25, -0.2) is 0 Å². The summed E-state index contributed by atoms with van der Waals surface area (Å²) < 4.78 is 0. The maximum atomic E-state index is 10.1. The Morgan fingerprint density at radius 2 is 1.29 bits per heavy atom. The van der Waals surface area contributed by atoms with Crippen LogP contribution in [-0.4, -0.2) is 39.4 Å². The molecule has 28 heavy (non-hydrogen) atoms. The summed E-state index contributed by atoms with van der Waals surface area (Å²) in [6.45, 7) is 21.3. The molecule has 0 radical (unpaired) electrons. The summed E-state index contributed by atoms with van der Waals surface area (Å²) in [6.07, 6.45) is 14.3. The minimum atomic E-state index is -0.604. The Hall–Kier alpha value is -0.170. The van der Waals surface area contributed by atoms with Gasteiger partial charge in [-0.2, -0.15) is 0 Å². The van der Waals surface area contributed by atoms with E-state index in [1.807, 2.05) is 27.7 Å². The molecule has 0 spiro atoms. The van der Waals surface area contributed by atoms with E-state index in [9.17, 15) is 10.2 Å². The van der Waals surface area contributed by atoms with Crippen LogP contribution in [0.3, 0.4) is 0 Å². The minimum absolute atomic E-state index is 0.0940. The molecule has 0 aromatic heterocycles. The van der Waals surface area contributed by atoms with Gasteiger partial charge in [0.25, 0.3) is 0 Å². The molecule has 0 rings (SSSR count). The lowest BCUT2D eigenvalue weighted by molar-refractivity contribution is 0.0320. The van der Waals surface area contributed by atoms with Crippen LogP contribution < -0.4 is 0 Å². The van der Waals surface area contributed by atoms with Crippen molar-refractivity contribution in [1.82, 2.24) is 0 Å². The zero-order chi connectivity index (χ0) is 22.2. The molecule has 1 atom stereocenters. The second-order valence-electron chi connectivity index (χ2n) is 11.4. The number of allylic oxidation sites excluding steroid dienone is 4. The first kappa shape index (κ1) is 27.8. The molecule has 0 aliphatic rings.